The first-order valence-electron chi connectivity index (χ1n) is 7.34. The molecule has 22 heavy (non-hydrogen) atoms. The van der Waals surface area contributed by atoms with E-state index in [2.05, 4.69) is 26.0 Å². The summed E-state index contributed by atoms with van der Waals surface area (Å²) in [5.74, 6) is -0.286. The average molecular weight is 338 g/mol. The number of nitrogens with zero attached hydrogens (tertiary/aromatic N) is 1. The smallest absolute Gasteiger partial charge is 0.264 e. The number of hydrogen-bond donors (Lipinski definition) is 2. The van der Waals surface area contributed by atoms with Gasteiger partial charge in [0.1, 0.15) is 0 Å². The van der Waals surface area contributed by atoms with Crippen LogP contribution in [0.15, 0.2) is 12.7 Å². The largest absolute Gasteiger partial charge is 0.870 e. The Balaban J connectivity index is 0. The minimum absolute atomic E-state index is 0. The van der Waals surface area contributed by atoms with Gasteiger partial charge in [0.25, 0.3) is 10.1 Å². The first kappa shape index (κ1) is 23.3. The lowest BCUT2D eigenvalue weighted by molar-refractivity contribution is -0.890. The normalized spacial score (nSPS) is 11.6. The molecule has 3 N–H and O–H groups in total. The van der Waals surface area contributed by atoms with E-state index in [0.717, 1.165) is 43.3 Å². The van der Waals surface area contributed by atoms with Gasteiger partial charge in [-0.3, -0.25) is 9.35 Å². The Morgan fingerprint density at radius 3 is 2.18 bits per heavy atom. The Labute approximate surface area is 134 Å². The molecule has 0 heterocycles. The molecule has 0 fully saturated rings. The second kappa shape index (κ2) is 11.6. The predicted octanol–water partition coefficient (Wildman–Crippen LogP) is 1.03. The molecule has 0 aromatic heterocycles. The van der Waals surface area contributed by atoms with Crippen molar-refractivity contribution in [1.29, 1.82) is 0 Å². The van der Waals surface area contributed by atoms with Crippen LogP contribution in [0.25, 0.3) is 0 Å². The molecule has 0 bridgehead atoms. The Morgan fingerprint density at radius 1 is 1.14 bits per heavy atom. The molecule has 0 saturated heterocycles. The van der Waals surface area contributed by atoms with Gasteiger partial charge in [-0.2, -0.15) is 8.42 Å². The molecule has 0 rings (SSSR count). The van der Waals surface area contributed by atoms with E-state index in [-0.39, 0.29) is 17.1 Å². The van der Waals surface area contributed by atoms with Crippen molar-refractivity contribution >= 4 is 16.0 Å². The lowest BCUT2D eigenvalue weighted by Gasteiger charge is -2.30. The van der Waals surface area contributed by atoms with E-state index < -0.39 is 10.1 Å². The molecular weight excluding hydrogens is 308 g/mol. The van der Waals surface area contributed by atoms with Crippen LogP contribution in [0.1, 0.15) is 32.1 Å². The first-order valence-corrected chi connectivity index (χ1v) is 8.95. The SMILES string of the molecule is C=CC(=O)NCCCC[N+](C)(C)CCCCCS(=O)(=O)O.[OH-]. The number of amides is 1. The fourth-order valence-corrected chi connectivity index (χ4v) is 2.63. The number of quaternary nitrogens is 1. The van der Waals surface area contributed by atoms with Crippen LogP contribution in [-0.2, 0) is 14.9 Å². The quantitative estimate of drug-likeness (QED) is 0.239. The minimum atomic E-state index is -3.82. The van der Waals surface area contributed by atoms with Crippen molar-refractivity contribution in [2.24, 2.45) is 0 Å². The molecule has 0 aliphatic heterocycles. The van der Waals surface area contributed by atoms with Crippen molar-refractivity contribution in [3.63, 3.8) is 0 Å². The Morgan fingerprint density at radius 2 is 1.68 bits per heavy atom. The van der Waals surface area contributed by atoms with Crippen molar-refractivity contribution in [2.45, 2.75) is 32.1 Å². The van der Waals surface area contributed by atoms with Crippen LogP contribution < -0.4 is 5.32 Å². The van der Waals surface area contributed by atoms with E-state index >= 15 is 0 Å². The lowest BCUT2D eigenvalue weighted by atomic mass is 10.2. The fourth-order valence-electron chi connectivity index (χ4n) is 2.06. The highest BCUT2D eigenvalue weighted by molar-refractivity contribution is 7.85. The fraction of sp³-hybridized carbons (Fsp3) is 0.786. The minimum Gasteiger partial charge on any atom is -0.870 e. The van der Waals surface area contributed by atoms with Crippen LogP contribution >= 0.6 is 0 Å². The summed E-state index contributed by atoms with van der Waals surface area (Å²) in [7, 11) is 0.471. The molecule has 7 nitrogen and oxygen atoms in total. The third-order valence-corrected chi connectivity index (χ3v) is 4.15. The zero-order valence-electron chi connectivity index (χ0n) is 13.6. The molecule has 0 unspecified atom stereocenters. The summed E-state index contributed by atoms with van der Waals surface area (Å²) in [4.78, 5) is 11.0. The summed E-state index contributed by atoms with van der Waals surface area (Å²) in [6, 6.07) is 0. The number of nitrogens with one attached hydrogen (secondary N) is 1. The number of carbonyl (C=O) groups excluding carboxylic acids is 1. The van der Waals surface area contributed by atoms with E-state index in [1.54, 1.807) is 0 Å². The lowest BCUT2D eigenvalue weighted by Crippen LogP contribution is -2.41. The molecule has 0 aromatic rings. The van der Waals surface area contributed by atoms with Gasteiger partial charge in [-0.1, -0.05) is 6.58 Å². The van der Waals surface area contributed by atoms with Crippen LogP contribution in [-0.4, -0.2) is 68.3 Å². The van der Waals surface area contributed by atoms with Gasteiger partial charge < -0.3 is 15.3 Å². The summed E-state index contributed by atoms with van der Waals surface area (Å²) >= 11 is 0. The average Bonchev–Trinajstić information content (AvgIpc) is 2.36. The van der Waals surface area contributed by atoms with Crippen molar-refractivity contribution in [1.82, 2.24) is 5.32 Å². The molecular formula is C14H30N2O5S. The van der Waals surface area contributed by atoms with Gasteiger partial charge >= 0.3 is 0 Å². The van der Waals surface area contributed by atoms with Gasteiger partial charge in [-0.25, -0.2) is 0 Å². The predicted molar refractivity (Wildman–Crippen MR) is 86.5 cm³/mol. The second-order valence-corrected chi connectivity index (χ2v) is 7.50. The van der Waals surface area contributed by atoms with Gasteiger partial charge in [0.15, 0.2) is 0 Å². The van der Waals surface area contributed by atoms with Crippen LogP contribution in [0.5, 0.6) is 0 Å². The van der Waals surface area contributed by atoms with Crippen molar-refractivity contribution in [3.05, 3.63) is 12.7 Å². The number of rotatable bonds is 12. The maximum absolute atomic E-state index is 11.0. The summed E-state index contributed by atoms with van der Waals surface area (Å²) in [6.45, 7) is 6.05. The van der Waals surface area contributed by atoms with Crippen LogP contribution in [0.4, 0.5) is 0 Å². The van der Waals surface area contributed by atoms with Crippen molar-refractivity contribution in [2.75, 3.05) is 39.5 Å². The molecule has 0 radical (unpaired) electrons. The van der Waals surface area contributed by atoms with Crippen LogP contribution in [0, 0.1) is 0 Å². The van der Waals surface area contributed by atoms with E-state index in [1.807, 2.05) is 0 Å². The molecule has 0 atom stereocenters. The second-order valence-electron chi connectivity index (χ2n) is 5.93. The van der Waals surface area contributed by atoms with Crippen LogP contribution in [0.2, 0.25) is 0 Å². The van der Waals surface area contributed by atoms with E-state index in [4.69, 9.17) is 4.55 Å². The van der Waals surface area contributed by atoms with Gasteiger partial charge in [-0.15, -0.1) is 0 Å². The Hall–Kier alpha value is -0.960. The molecule has 1 amide bonds. The maximum Gasteiger partial charge on any atom is 0.264 e. The third kappa shape index (κ3) is 15.4. The number of carbonyl (C=O) groups is 1. The van der Waals surface area contributed by atoms with Gasteiger partial charge in [-0.05, 0) is 38.2 Å². The number of hydrogen-bond acceptors (Lipinski definition) is 4. The monoisotopic (exact) mass is 338 g/mol. The standard InChI is InChI=1S/C14H28N2O4S.H2O/c1-4-14(17)15-10-6-8-12-16(2,3)11-7-5-9-13-21(18,19)20;/h4H,1,5-13H2,2-3H3,(H-,15,17,18,19,20);1H2. The molecule has 0 aromatic carbocycles. The molecule has 0 aliphatic rings. The van der Waals surface area contributed by atoms with Gasteiger partial charge in [0, 0.05) is 6.54 Å². The van der Waals surface area contributed by atoms with Crippen molar-refractivity contribution in [3.8, 4) is 0 Å². The Bertz CT molecular complexity index is 421. The first-order chi connectivity index (χ1) is 9.66. The topological polar surface area (TPSA) is 113 Å². The highest BCUT2D eigenvalue weighted by Gasteiger charge is 2.14. The Kier molecular flexibility index (Phi) is 12.3. The van der Waals surface area contributed by atoms with E-state index in [1.165, 1.54) is 6.08 Å². The van der Waals surface area contributed by atoms with E-state index in [0.29, 0.717) is 13.0 Å². The molecule has 0 saturated carbocycles. The molecule has 132 valence electrons. The zero-order chi connectivity index (χ0) is 16.4. The highest BCUT2D eigenvalue weighted by Crippen LogP contribution is 2.07. The summed E-state index contributed by atoms with van der Waals surface area (Å²) < 4.78 is 30.7. The van der Waals surface area contributed by atoms with E-state index in [9.17, 15) is 13.2 Å². The van der Waals surface area contributed by atoms with Crippen LogP contribution in [0.3, 0.4) is 0 Å². The summed E-state index contributed by atoms with van der Waals surface area (Å²) in [6.07, 6.45) is 5.48. The highest BCUT2D eigenvalue weighted by atomic mass is 32.2. The maximum atomic E-state index is 11.0. The number of unbranched alkanes of at least 4 members (excludes halogenated alkanes) is 3. The van der Waals surface area contributed by atoms with Gasteiger partial charge in [0.2, 0.25) is 5.91 Å². The summed E-state index contributed by atoms with van der Waals surface area (Å²) in [5.41, 5.74) is 0. The molecule has 0 spiro atoms. The third-order valence-electron chi connectivity index (χ3n) is 3.34. The summed E-state index contributed by atoms with van der Waals surface area (Å²) in [5, 5.41) is 2.75. The van der Waals surface area contributed by atoms with Gasteiger partial charge in [0.05, 0.1) is 32.9 Å². The van der Waals surface area contributed by atoms with Crippen molar-refractivity contribution < 1.29 is 27.7 Å². The molecule has 0 aliphatic carbocycles. The zero-order valence-corrected chi connectivity index (χ0v) is 14.4. The molecule has 8 heteroatoms.